The van der Waals surface area contributed by atoms with E-state index < -0.39 is 0 Å². The summed E-state index contributed by atoms with van der Waals surface area (Å²) in [6.07, 6.45) is 0.359. The Morgan fingerprint density at radius 1 is 1.39 bits per heavy atom. The number of fused-ring (bicyclic) bond motifs is 1. The van der Waals surface area contributed by atoms with Crippen LogP contribution in [0, 0.1) is 5.92 Å². The molecule has 1 unspecified atom stereocenters. The normalized spacial score (nSPS) is 22.3. The van der Waals surface area contributed by atoms with Crippen molar-refractivity contribution in [1.82, 2.24) is 0 Å². The molecule has 2 aliphatic heterocycles. The maximum absolute atomic E-state index is 11.8. The largest absolute Gasteiger partial charge is 0.457 e. The van der Waals surface area contributed by atoms with Crippen molar-refractivity contribution in [3.05, 3.63) is 29.3 Å². The van der Waals surface area contributed by atoms with Gasteiger partial charge < -0.3 is 14.7 Å². The van der Waals surface area contributed by atoms with E-state index in [-0.39, 0.29) is 24.4 Å². The van der Waals surface area contributed by atoms with Crippen LogP contribution in [0.2, 0.25) is 0 Å². The number of anilines is 1. The molecule has 0 bridgehead atoms. The standard InChI is InChI=1S/C13H13NO4/c15-6-8-3-12(16)14(5-8)10-2-1-9-7-18-13(17)11(9)4-10/h1-2,4,8,15H,3,5-7H2. The van der Waals surface area contributed by atoms with Crippen molar-refractivity contribution in [3.8, 4) is 0 Å². The van der Waals surface area contributed by atoms with Gasteiger partial charge in [-0.2, -0.15) is 0 Å². The first-order chi connectivity index (χ1) is 8.69. The number of hydrogen-bond donors (Lipinski definition) is 1. The minimum atomic E-state index is -0.336. The molecule has 1 fully saturated rings. The first kappa shape index (κ1) is 11.2. The summed E-state index contributed by atoms with van der Waals surface area (Å²) in [6.45, 7) is 0.819. The van der Waals surface area contributed by atoms with Gasteiger partial charge in [-0.05, 0) is 12.1 Å². The molecule has 1 atom stereocenters. The fourth-order valence-corrected chi connectivity index (χ4v) is 2.42. The third-order valence-electron chi connectivity index (χ3n) is 3.45. The van der Waals surface area contributed by atoms with Gasteiger partial charge in [0, 0.05) is 36.7 Å². The van der Waals surface area contributed by atoms with Crippen molar-refractivity contribution in [1.29, 1.82) is 0 Å². The number of hydrogen-bond acceptors (Lipinski definition) is 4. The van der Waals surface area contributed by atoms with Crippen LogP contribution < -0.4 is 4.90 Å². The minimum Gasteiger partial charge on any atom is -0.457 e. The average molecular weight is 247 g/mol. The summed E-state index contributed by atoms with van der Waals surface area (Å²) in [7, 11) is 0. The first-order valence-corrected chi connectivity index (χ1v) is 5.90. The van der Waals surface area contributed by atoms with Crippen LogP contribution in [-0.4, -0.2) is 30.1 Å². The van der Waals surface area contributed by atoms with E-state index in [1.807, 2.05) is 12.1 Å². The number of cyclic esters (lactones) is 1. The zero-order valence-corrected chi connectivity index (χ0v) is 9.76. The molecule has 1 aromatic carbocycles. The maximum Gasteiger partial charge on any atom is 0.338 e. The highest BCUT2D eigenvalue weighted by Crippen LogP contribution is 2.29. The quantitative estimate of drug-likeness (QED) is 0.781. The molecule has 2 heterocycles. The van der Waals surface area contributed by atoms with Crippen LogP contribution in [0.25, 0.3) is 0 Å². The molecule has 0 aliphatic carbocycles. The molecule has 0 aromatic heterocycles. The monoisotopic (exact) mass is 247 g/mol. The zero-order valence-electron chi connectivity index (χ0n) is 9.76. The van der Waals surface area contributed by atoms with E-state index in [0.29, 0.717) is 30.8 Å². The summed E-state index contributed by atoms with van der Waals surface area (Å²) >= 11 is 0. The van der Waals surface area contributed by atoms with Crippen LogP contribution in [0.1, 0.15) is 22.3 Å². The highest BCUT2D eigenvalue weighted by atomic mass is 16.5. The van der Waals surface area contributed by atoms with Gasteiger partial charge in [-0.3, -0.25) is 4.79 Å². The molecular formula is C13H13NO4. The van der Waals surface area contributed by atoms with Crippen LogP contribution in [0.5, 0.6) is 0 Å². The Hall–Kier alpha value is -1.88. The molecule has 1 amide bonds. The SMILES string of the molecule is O=C1OCc2ccc(N3CC(CO)CC3=O)cc21. The molecule has 1 N–H and O–H groups in total. The summed E-state index contributed by atoms with van der Waals surface area (Å²) in [6, 6.07) is 5.33. The van der Waals surface area contributed by atoms with Crippen LogP contribution in [-0.2, 0) is 16.1 Å². The van der Waals surface area contributed by atoms with Gasteiger partial charge in [0.05, 0.1) is 5.56 Å². The Kier molecular flexibility index (Phi) is 2.56. The zero-order chi connectivity index (χ0) is 12.7. The number of amides is 1. The number of nitrogens with zero attached hydrogens (tertiary/aromatic N) is 1. The van der Waals surface area contributed by atoms with Crippen LogP contribution in [0.4, 0.5) is 5.69 Å². The predicted octanol–water partition coefficient (Wildman–Crippen LogP) is 0.702. The molecule has 0 saturated carbocycles. The van der Waals surface area contributed by atoms with Crippen LogP contribution in [0.3, 0.4) is 0 Å². The van der Waals surface area contributed by atoms with E-state index in [4.69, 9.17) is 9.84 Å². The van der Waals surface area contributed by atoms with Crippen molar-refractivity contribution in [2.45, 2.75) is 13.0 Å². The Labute approximate surface area is 104 Å². The van der Waals surface area contributed by atoms with E-state index in [9.17, 15) is 9.59 Å². The second-order valence-electron chi connectivity index (χ2n) is 4.67. The van der Waals surface area contributed by atoms with Crippen molar-refractivity contribution >= 4 is 17.6 Å². The average Bonchev–Trinajstić information content (AvgIpc) is 2.93. The third-order valence-corrected chi connectivity index (χ3v) is 3.45. The molecule has 5 nitrogen and oxygen atoms in total. The van der Waals surface area contributed by atoms with Crippen LogP contribution in [0.15, 0.2) is 18.2 Å². The lowest BCUT2D eigenvalue weighted by molar-refractivity contribution is -0.117. The van der Waals surface area contributed by atoms with E-state index in [2.05, 4.69) is 0 Å². The second kappa shape index (κ2) is 4.10. The third kappa shape index (κ3) is 1.67. The molecule has 3 rings (SSSR count). The highest BCUT2D eigenvalue weighted by Gasteiger charge is 2.31. The number of esters is 1. The molecule has 5 heteroatoms. The van der Waals surface area contributed by atoms with Gasteiger partial charge in [-0.1, -0.05) is 6.07 Å². The summed E-state index contributed by atoms with van der Waals surface area (Å²) in [5.41, 5.74) is 2.09. The van der Waals surface area contributed by atoms with E-state index in [1.54, 1.807) is 11.0 Å². The summed E-state index contributed by atoms with van der Waals surface area (Å²) < 4.78 is 4.93. The summed E-state index contributed by atoms with van der Waals surface area (Å²) in [5, 5.41) is 9.09. The number of benzene rings is 1. The Morgan fingerprint density at radius 2 is 2.22 bits per heavy atom. The Morgan fingerprint density at radius 3 is 2.94 bits per heavy atom. The van der Waals surface area contributed by atoms with Gasteiger partial charge in [-0.15, -0.1) is 0 Å². The number of carbonyl (C=O) groups is 2. The predicted molar refractivity (Wildman–Crippen MR) is 63.1 cm³/mol. The van der Waals surface area contributed by atoms with Gasteiger partial charge in [0.2, 0.25) is 5.91 Å². The molecule has 0 spiro atoms. The van der Waals surface area contributed by atoms with Gasteiger partial charge in [-0.25, -0.2) is 4.79 Å². The second-order valence-corrected chi connectivity index (χ2v) is 4.67. The van der Waals surface area contributed by atoms with E-state index in [1.165, 1.54) is 0 Å². The highest BCUT2D eigenvalue weighted by molar-refractivity contribution is 5.99. The minimum absolute atomic E-state index is 0.00915. The Balaban J connectivity index is 1.92. The van der Waals surface area contributed by atoms with Crippen molar-refractivity contribution in [2.24, 2.45) is 5.92 Å². The smallest absolute Gasteiger partial charge is 0.338 e. The van der Waals surface area contributed by atoms with Crippen molar-refractivity contribution in [3.63, 3.8) is 0 Å². The Bertz CT molecular complexity index is 526. The van der Waals surface area contributed by atoms with Crippen molar-refractivity contribution in [2.75, 3.05) is 18.1 Å². The van der Waals surface area contributed by atoms with Crippen molar-refractivity contribution < 1.29 is 19.4 Å². The van der Waals surface area contributed by atoms with Crippen LogP contribution >= 0.6 is 0 Å². The molecule has 18 heavy (non-hydrogen) atoms. The number of aliphatic hydroxyl groups excluding tert-OH is 1. The fourth-order valence-electron chi connectivity index (χ4n) is 2.42. The summed E-state index contributed by atoms with van der Waals surface area (Å²) in [5.74, 6) is -0.365. The van der Waals surface area contributed by atoms with Gasteiger partial charge >= 0.3 is 5.97 Å². The topological polar surface area (TPSA) is 66.8 Å². The van der Waals surface area contributed by atoms with E-state index >= 15 is 0 Å². The fraction of sp³-hybridized carbons (Fsp3) is 0.385. The summed E-state index contributed by atoms with van der Waals surface area (Å²) in [4.78, 5) is 24.9. The number of ether oxygens (including phenoxy) is 1. The molecule has 0 radical (unpaired) electrons. The number of rotatable bonds is 2. The molecule has 94 valence electrons. The lowest BCUT2D eigenvalue weighted by Gasteiger charge is -2.16. The first-order valence-electron chi connectivity index (χ1n) is 5.90. The molecule has 1 aromatic rings. The molecular weight excluding hydrogens is 234 g/mol. The van der Waals surface area contributed by atoms with Gasteiger partial charge in [0.15, 0.2) is 0 Å². The lowest BCUT2D eigenvalue weighted by atomic mass is 10.1. The molecule has 2 aliphatic rings. The van der Waals surface area contributed by atoms with E-state index in [0.717, 1.165) is 5.56 Å². The number of aliphatic hydroxyl groups is 1. The number of carbonyl (C=O) groups excluding carboxylic acids is 2. The molecule has 1 saturated heterocycles. The van der Waals surface area contributed by atoms with Gasteiger partial charge in [0.1, 0.15) is 6.61 Å². The van der Waals surface area contributed by atoms with Gasteiger partial charge in [0.25, 0.3) is 0 Å². The lowest BCUT2D eigenvalue weighted by Crippen LogP contribution is -2.25. The maximum atomic E-state index is 11.8.